The van der Waals surface area contributed by atoms with E-state index in [-0.39, 0.29) is 5.60 Å². The summed E-state index contributed by atoms with van der Waals surface area (Å²) in [5.41, 5.74) is 3.05. The summed E-state index contributed by atoms with van der Waals surface area (Å²) in [5.74, 6) is 2.57. The first-order chi connectivity index (χ1) is 16.6. The van der Waals surface area contributed by atoms with Gasteiger partial charge in [0.05, 0.1) is 29.3 Å². The lowest BCUT2D eigenvalue weighted by atomic mass is 10.1. The molecule has 1 saturated heterocycles. The van der Waals surface area contributed by atoms with E-state index in [4.69, 9.17) is 10.1 Å². The highest BCUT2D eigenvalue weighted by atomic mass is 16.5. The number of benzene rings is 1. The molecule has 2 N–H and O–H groups in total. The van der Waals surface area contributed by atoms with E-state index in [1.807, 2.05) is 24.3 Å². The Bertz CT molecular complexity index is 1340. The average Bonchev–Trinajstić information content (AvgIpc) is 3.46. The molecule has 2 fully saturated rings. The molecule has 0 bridgehead atoms. The van der Waals surface area contributed by atoms with Crippen molar-refractivity contribution in [1.82, 2.24) is 30.1 Å². The minimum atomic E-state index is -0.0322. The Kier molecular flexibility index (Phi) is 4.86. The molecule has 3 aromatic heterocycles. The molecule has 1 saturated carbocycles. The van der Waals surface area contributed by atoms with Gasteiger partial charge in [-0.2, -0.15) is 5.10 Å². The molecule has 0 unspecified atom stereocenters. The number of hydrogen-bond acceptors (Lipinski definition) is 9. The van der Waals surface area contributed by atoms with Crippen LogP contribution in [0.15, 0.2) is 43.0 Å². The smallest absolute Gasteiger partial charge is 0.147 e. The fourth-order valence-corrected chi connectivity index (χ4v) is 4.20. The lowest BCUT2D eigenvalue weighted by molar-refractivity contribution is 0.200. The van der Waals surface area contributed by atoms with Crippen LogP contribution in [0.4, 0.5) is 11.6 Å². The van der Waals surface area contributed by atoms with Crippen molar-refractivity contribution in [2.24, 2.45) is 0 Å². The Morgan fingerprint density at radius 2 is 1.76 bits per heavy atom. The molecule has 0 atom stereocenters. The van der Waals surface area contributed by atoms with Gasteiger partial charge in [0.25, 0.3) is 0 Å². The van der Waals surface area contributed by atoms with E-state index in [0.717, 1.165) is 78.7 Å². The maximum absolute atomic E-state index is 7.27. The molecule has 2 aliphatic rings. The van der Waals surface area contributed by atoms with E-state index in [9.17, 15) is 0 Å². The number of ether oxygens (including phenoxy) is 1. The Morgan fingerprint density at radius 1 is 0.971 bits per heavy atom. The fraction of sp³-hybridized carbons (Fsp3) is 0.333. The van der Waals surface area contributed by atoms with Gasteiger partial charge in [-0.3, -0.25) is 5.10 Å². The standard InChI is InChI=1S/C24H25N9O/c1-24(4-5-24)34-17-2-3-19-18(10-17)23(31-30-19)20-11-21(29-15-28-20)32-6-8-33(9-7-32)22-14-26-16(12-25)13-27-22/h2-3,10-15,25H,4-9H2,1H3,(H,30,31). The van der Waals surface area contributed by atoms with Crippen LogP contribution < -0.4 is 14.5 Å². The Labute approximate surface area is 196 Å². The number of anilines is 2. The molecule has 1 aromatic carbocycles. The third-order valence-corrected chi connectivity index (χ3v) is 6.48. The predicted octanol–water partition coefficient (Wildman–Crippen LogP) is 3.07. The van der Waals surface area contributed by atoms with Crippen LogP contribution in [0.3, 0.4) is 0 Å². The molecule has 172 valence electrons. The summed E-state index contributed by atoms with van der Waals surface area (Å²) in [7, 11) is 0. The van der Waals surface area contributed by atoms with Crippen molar-refractivity contribution in [3.05, 3.63) is 48.7 Å². The summed E-state index contributed by atoms with van der Waals surface area (Å²) < 4.78 is 6.15. The molecule has 1 aliphatic heterocycles. The first-order valence-electron chi connectivity index (χ1n) is 11.4. The van der Waals surface area contributed by atoms with Crippen LogP contribution in [0, 0.1) is 5.41 Å². The van der Waals surface area contributed by atoms with Crippen LogP contribution in [0.2, 0.25) is 0 Å². The second-order valence-corrected chi connectivity index (χ2v) is 9.01. The molecule has 6 rings (SSSR count). The number of piperazine rings is 1. The summed E-state index contributed by atoms with van der Waals surface area (Å²) in [6.07, 6.45) is 8.33. The van der Waals surface area contributed by atoms with Crippen LogP contribution in [0.25, 0.3) is 22.3 Å². The maximum atomic E-state index is 7.27. The lowest BCUT2D eigenvalue weighted by Crippen LogP contribution is -2.47. The quantitative estimate of drug-likeness (QED) is 0.426. The maximum Gasteiger partial charge on any atom is 0.147 e. The molecule has 10 heteroatoms. The second kappa shape index (κ2) is 8.05. The van der Waals surface area contributed by atoms with Crippen molar-refractivity contribution < 1.29 is 4.74 Å². The highest BCUT2D eigenvalue weighted by molar-refractivity contribution is 5.93. The number of H-pyrrole nitrogens is 1. The third kappa shape index (κ3) is 3.91. The van der Waals surface area contributed by atoms with Crippen LogP contribution in [0.1, 0.15) is 25.5 Å². The molecular weight excluding hydrogens is 430 g/mol. The Balaban J connectivity index is 1.20. The largest absolute Gasteiger partial charge is 0.488 e. The minimum absolute atomic E-state index is 0.0322. The molecule has 4 aromatic rings. The number of rotatable bonds is 6. The van der Waals surface area contributed by atoms with Gasteiger partial charge >= 0.3 is 0 Å². The second-order valence-electron chi connectivity index (χ2n) is 9.01. The zero-order valence-electron chi connectivity index (χ0n) is 18.9. The lowest BCUT2D eigenvalue weighted by Gasteiger charge is -2.35. The molecule has 0 radical (unpaired) electrons. The normalized spacial score (nSPS) is 17.1. The van der Waals surface area contributed by atoms with Crippen molar-refractivity contribution in [1.29, 1.82) is 5.41 Å². The third-order valence-electron chi connectivity index (χ3n) is 6.48. The number of aromatic nitrogens is 6. The molecule has 10 nitrogen and oxygen atoms in total. The van der Waals surface area contributed by atoms with E-state index in [2.05, 4.69) is 46.9 Å². The molecule has 0 amide bonds. The van der Waals surface area contributed by atoms with Crippen molar-refractivity contribution in [2.45, 2.75) is 25.4 Å². The van der Waals surface area contributed by atoms with E-state index in [1.54, 1.807) is 18.7 Å². The molecule has 34 heavy (non-hydrogen) atoms. The summed E-state index contributed by atoms with van der Waals surface area (Å²) in [4.78, 5) is 22.2. The zero-order chi connectivity index (χ0) is 23.1. The van der Waals surface area contributed by atoms with Crippen molar-refractivity contribution in [2.75, 3.05) is 36.0 Å². The summed E-state index contributed by atoms with van der Waals surface area (Å²) in [5, 5.41) is 15.9. The topological polar surface area (TPSA) is 120 Å². The highest BCUT2D eigenvalue weighted by Gasteiger charge is 2.40. The fourth-order valence-electron chi connectivity index (χ4n) is 4.20. The monoisotopic (exact) mass is 455 g/mol. The van der Waals surface area contributed by atoms with Gasteiger partial charge in [-0.15, -0.1) is 0 Å². The van der Waals surface area contributed by atoms with Crippen molar-refractivity contribution >= 4 is 28.8 Å². The first kappa shape index (κ1) is 20.5. The number of hydrogen-bond donors (Lipinski definition) is 2. The van der Waals surface area contributed by atoms with Gasteiger partial charge in [0.1, 0.15) is 35.0 Å². The van der Waals surface area contributed by atoms with Crippen molar-refractivity contribution in [3.8, 4) is 17.1 Å². The van der Waals surface area contributed by atoms with Crippen LogP contribution in [0.5, 0.6) is 5.75 Å². The molecule has 1 aliphatic carbocycles. The Morgan fingerprint density at radius 3 is 2.47 bits per heavy atom. The van der Waals surface area contributed by atoms with Crippen LogP contribution >= 0.6 is 0 Å². The van der Waals surface area contributed by atoms with Gasteiger partial charge in [-0.25, -0.2) is 19.9 Å². The average molecular weight is 456 g/mol. The molecule has 0 spiro atoms. The summed E-state index contributed by atoms with van der Waals surface area (Å²) in [6, 6.07) is 8.04. The summed E-state index contributed by atoms with van der Waals surface area (Å²) >= 11 is 0. The first-order valence-corrected chi connectivity index (χ1v) is 11.4. The van der Waals surface area contributed by atoms with Crippen LogP contribution in [-0.2, 0) is 0 Å². The van der Waals surface area contributed by atoms with E-state index >= 15 is 0 Å². The van der Waals surface area contributed by atoms with Gasteiger partial charge in [0, 0.05) is 43.8 Å². The van der Waals surface area contributed by atoms with Crippen LogP contribution in [-0.4, -0.2) is 68.1 Å². The number of nitrogens with zero attached hydrogens (tertiary/aromatic N) is 7. The highest BCUT2D eigenvalue weighted by Crippen LogP contribution is 2.40. The SMILES string of the molecule is CC1(Oc2ccc3[nH]nc(-c4cc(N5CCN(c6cnc(C=N)cn6)CC5)ncn4)c3c2)CC1. The zero-order valence-corrected chi connectivity index (χ0v) is 18.9. The van der Waals surface area contributed by atoms with E-state index in [1.165, 1.54) is 6.21 Å². The van der Waals surface area contributed by atoms with E-state index < -0.39 is 0 Å². The predicted molar refractivity (Wildman–Crippen MR) is 130 cm³/mol. The van der Waals surface area contributed by atoms with Gasteiger partial charge in [-0.05, 0) is 38.0 Å². The number of nitrogens with one attached hydrogen (secondary N) is 2. The molecular formula is C24H25N9O. The van der Waals surface area contributed by atoms with Gasteiger partial charge < -0.3 is 19.9 Å². The summed E-state index contributed by atoms with van der Waals surface area (Å²) in [6.45, 7) is 5.37. The molecule has 4 heterocycles. The number of fused-ring (bicyclic) bond motifs is 1. The van der Waals surface area contributed by atoms with Crippen molar-refractivity contribution in [3.63, 3.8) is 0 Å². The Hall–Kier alpha value is -4.08. The van der Waals surface area contributed by atoms with Gasteiger partial charge in [0.15, 0.2) is 0 Å². The number of aromatic amines is 1. The van der Waals surface area contributed by atoms with Gasteiger partial charge in [0.2, 0.25) is 0 Å². The van der Waals surface area contributed by atoms with E-state index in [0.29, 0.717) is 5.69 Å². The minimum Gasteiger partial charge on any atom is -0.488 e. The van der Waals surface area contributed by atoms with Gasteiger partial charge in [-0.1, -0.05) is 0 Å².